The van der Waals surface area contributed by atoms with Crippen LogP contribution in [0.3, 0.4) is 0 Å². The molecule has 0 atom stereocenters. The van der Waals surface area contributed by atoms with E-state index < -0.39 is 10.9 Å². The maximum Gasteiger partial charge on any atom is 0.341 e. The molecule has 8 heteroatoms. The lowest BCUT2D eigenvalue weighted by Crippen LogP contribution is -2.01. The van der Waals surface area contributed by atoms with Crippen molar-refractivity contribution in [2.45, 2.75) is 13.5 Å². The van der Waals surface area contributed by atoms with Gasteiger partial charge in [-0.25, -0.2) is 4.79 Å². The van der Waals surface area contributed by atoms with Gasteiger partial charge in [0.1, 0.15) is 23.7 Å². The summed E-state index contributed by atoms with van der Waals surface area (Å²) in [7, 11) is 2.71. The number of benzene rings is 1. The summed E-state index contributed by atoms with van der Waals surface area (Å²) in [6.07, 6.45) is 0. The zero-order valence-electron chi connectivity index (χ0n) is 12.8. The second-order valence-electron chi connectivity index (χ2n) is 4.56. The Morgan fingerprint density at radius 1 is 1.26 bits per heavy atom. The highest BCUT2D eigenvalue weighted by atomic mass is 16.6. The van der Waals surface area contributed by atoms with Crippen molar-refractivity contribution in [2.24, 2.45) is 0 Å². The van der Waals surface area contributed by atoms with Crippen molar-refractivity contribution in [1.29, 1.82) is 0 Å². The number of hydrogen-bond acceptors (Lipinski definition) is 7. The van der Waals surface area contributed by atoms with E-state index in [0.717, 1.165) is 0 Å². The molecular weight excluding hydrogens is 306 g/mol. The number of nitrogens with zero attached hydrogens (tertiary/aromatic N) is 1. The highest BCUT2D eigenvalue weighted by molar-refractivity contribution is 5.90. The number of non-ortho nitro benzene ring substituents is 1. The van der Waals surface area contributed by atoms with Gasteiger partial charge in [0.25, 0.3) is 5.69 Å². The predicted octanol–water partition coefficient (Wildman–Crippen LogP) is 2.87. The van der Waals surface area contributed by atoms with Gasteiger partial charge in [0.2, 0.25) is 0 Å². The maximum atomic E-state index is 11.5. The van der Waals surface area contributed by atoms with Crippen molar-refractivity contribution in [1.82, 2.24) is 0 Å². The number of methoxy groups -OCH3 is 2. The molecule has 0 amide bonds. The number of furan rings is 1. The van der Waals surface area contributed by atoms with Crippen LogP contribution in [0.5, 0.6) is 11.5 Å². The molecule has 0 spiro atoms. The molecule has 0 aliphatic rings. The molecule has 0 radical (unpaired) electrons. The molecule has 0 N–H and O–H groups in total. The van der Waals surface area contributed by atoms with E-state index in [2.05, 4.69) is 4.74 Å². The summed E-state index contributed by atoms with van der Waals surface area (Å²) in [6.45, 7) is 1.61. The van der Waals surface area contributed by atoms with Crippen LogP contribution in [-0.4, -0.2) is 25.1 Å². The van der Waals surface area contributed by atoms with Gasteiger partial charge >= 0.3 is 5.97 Å². The fraction of sp³-hybridized carbons (Fsp3) is 0.267. The molecule has 2 aromatic rings. The Morgan fingerprint density at radius 2 is 2.00 bits per heavy atom. The lowest BCUT2D eigenvalue weighted by Gasteiger charge is -2.09. The largest absolute Gasteiger partial charge is 0.493 e. The molecule has 122 valence electrons. The van der Waals surface area contributed by atoms with E-state index in [-0.39, 0.29) is 18.0 Å². The van der Waals surface area contributed by atoms with Crippen molar-refractivity contribution in [3.05, 3.63) is 51.5 Å². The highest BCUT2D eigenvalue weighted by Crippen LogP contribution is 2.32. The first kappa shape index (κ1) is 16.3. The number of hydrogen-bond donors (Lipinski definition) is 0. The predicted molar refractivity (Wildman–Crippen MR) is 78.8 cm³/mol. The van der Waals surface area contributed by atoms with Gasteiger partial charge in [0, 0.05) is 6.07 Å². The first-order chi connectivity index (χ1) is 11.0. The molecule has 0 saturated heterocycles. The molecule has 0 unspecified atom stereocenters. The molecule has 0 bridgehead atoms. The van der Waals surface area contributed by atoms with Gasteiger partial charge in [-0.15, -0.1) is 0 Å². The molecule has 2 rings (SSSR count). The van der Waals surface area contributed by atoms with Crippen LogP contribution >= 0.6 is 0 Å². The van der Waals surface area contributed by atoms with Crippen molar-refractivity contribution >= 4 is 11.7 Å². The highest BCUT2D eigenvalue weighted by Gasteiger charge is 2.17. The zero-order chi connectivity index (χ0) is 17.0. The van der Waals surface area contributed by atoms with Crippen LogP contribution in [0.15, 0.2) is 28.7 Å². The lowest BCUT2D eigenvalue weighted by atomic mass is 10.2. The van der Waals surface area contributed by atoms with Gasteiger partial charge in [-0.3, -0.25) is 10.1 Å². The van der Waals surface area contributed by atoms with E-state index in [0.29, 0.717) is 22.8 Å². The van der Waals surface area contributed by atoms with Gasteiger partial charge < -0.3 is 18.6 Å². The zero-order valence-corrected chi connectivity index (χ0v) is 12.8. The average molecular weight is 321 g/mol. The number of ether oxygens (including phenoxy) is 3. The van der Waals surface area contributed by atoms with Gasteiger partial charge in [0.15, 0.2) is 11.5 Å². The van der Waals surface area contributed by atoms with Gasteiger partial charge in [-0.05, 0) is 19.1 Å². The number of esters is 1. The van der Waals surface area contributed by atoms with Crippen LogP contribution in [0.2, 0.25) is 0 Å². The Hall–Kier alpha value is -3.03. The van der Waals surface area contributed by atoms with Crippen LogP contribution in [0.25, 0.3) is 0 Å². The number of carbonyl (C=O) groups is 1. The molecule has 8 nitrogen and oxygen atoms in total. The van der Waals surface area contributed by atoms with Crippen LogP contribution in [0.1, 0.15) is 21.9 Å². The van der Waals surface area contributed by atoms with Gasteiger partial charge in [0.05, 0.1) is 25.2 Å². The molecule has 1 aromatic heterocycles. The summed E-state index contributed by atoms with van der Waals surface area (Å²) in [6, 6.07) is 5.53. The van der Waals surface area contributed by atoms with E-state index in [9.17, 15) is 14.9 Å². The summed E-state index contributed by atoms with van der Waals surface area (Å²) in [5.41, 5.74) is 0.184. The summed E-state index contributed by atoms with van der Waals surface area (Å²) in [5.74, 6) is 0.839. The number of nitro groups is 1. The van der Waals surface area contributed by atoms with Gasteiger partial charge in [-0.1, -0.05) is 0 Å². The lowest BCUT2D eigenvalue weighted by molar-refractivity contribution is -0.385. The fourth-order valence-electron chi connectivity index (χ4n) is 1.97. The van der Waals surface area contributed by atoms with Crippen LogP contribution in [0, 0.1) is 17.0 Å². The number of nitro benzene ring substituents is 1. The molecule has 0 aliphatic heterocycles. The van der Waals surface area contributed by atoms with Crippen molar-refractivity contribution < 1.29 is 28.3 Å². The first-order valence-corrected chi connectivity index (χ1v) is 6.59. The minimum absolute atomic E-state index is 0.0185. The van der Waals surface area contributed by atoms with E-state index in [1.54, 1.807) is 6.92 Å². The van der Waals surface area contributed by atoms with E-state index in [1.807, 2.05) is 0 Å². The van der Waals surface area contributed by atoms with E-state index >= 15 is 0 Å². The second-order valence-corrected chi connectivity index (χ2v) is 4.56. The first-order valence-electron chi connectivity index (χ1n) is 6.59. The molecule has 0 aliphatic carbocycles. The fourth-order valence-corrected chi connectivity index (χ4v) is 1.97. The standard InChI is InChI=1S/C15H15NO7/c1-9-12(15(17)21-3)7-11(23-9)8-22-14-6-10(16(18)19)4-5-13(14)20-2/h4-7H,8H2,1-3H3. The number of rotatable bonds is 6. The number of carbonyl (C=O) groups excluding carboxylic acids is 1. The monoisotopic (exact) mass is 321 g/mol. The Morgan fingerprint density at radius 3 is 2.61 bits per heavy atom. The molecule has 23 heavy (non-hydrogen) atoms. The summed E-state index contributed by atoms with van der Waals surface area (Å²) < 4.78 is 20.7. The average Bonchev–Trinajstić information content (AvgIpc) is 2.92. The second kappa shape index (κ2) is 6.82. The normalized spacial score (nSPS) is 10.2. The van der Waals surface area contributed by atoms with E-state index in [4.69, 9.17) is 13.9 Å². The van der Waals surface area contributed by atoms with E-state index in [1.165, 1.54) is 38.5 Å². The Labute approximate surface area is 131 Å². The third kappa shape index (κ3) is 3.60. The topological polar surface area (TPSA) is 101 Å². The van der Waals surface area contributed by atoms with Crippen LogP contribution in [0.4, 0.5) is 5.69 Å². The maximum absolute atomic E-state index is 11.5. The molecule has 1 heterocycles. The number of aryl methyl sites for hydroxylation is 1. The van der Waals surface area contributed by atoms with Gasteiger partial charge in [-0.2, -0.15) is 0 Å². The SMILES string of the molecule is COC(=O)c1cc(COc2cc([N+](=O)[O-])ccc2OC)oc1C. The molecule has 1 aromatic carbocycles. The minimum Gasteiger partial charge on any atom is -0.493 e. The summed E-state index contributed by atoms with van der Waals surface area (Å²) in [4.78, 5) is 21.8. The van der Waals surface area contributed by atoms with Crippen molar-refractivity contribution in [3.8, 4) is 11.5 Å². The quantitative estimate of drug-likeness (QED) is 0.458. The Kier molecular flexibility index (Phi) is 4.85. The molecule has 0 saturated carbocycles. The Balaban J connectivity index is 2.19. The van der Waals surface area contributed by atoms with Crippen LogP contribution < -0.4 is 9.47 Å². The summed E-state index contributed by atoms with van der Waals surface area (Å²) >= 11 is 0. The third-order valence-electron chi connectivity index (χ3n) is 3.10. The third-order valence-corrected chi connectivity index (χ3v) is 3.10. The minimum atomic E-state index is -0.529. The summed E-state index contributed by atoms with van der Waals surface area (Å²) in [5, 5.41) is 10.8. The molecular formula is C15H15NO7. The molecule has 0 fully saturated rings. The van der Waals surface area contributed by atoms with Crippen molar-refractivity contribution in [3.63, 3.8) is 0 Å². The smallest absolute Gasteiger partial charge is 0.341 e. The Bertz CT molecular complexity index is 735. The van der Waals surface area contributed by atoms with Crippen LogP contribution in [-0.2, 0) is 11.3 Å². The van der Waals surface area contributed by atoms with Crippen molar-refractivity contribution in [2.75, 3.05) is 14.2 Å².